The summed E-state index contributed by atoms with van der Waals surface area (Å²) in [6.45, 7) is 3.53. The average Bonchev–Trinajstić information content (AvgIpc) is 3.03. The number of nitrogens with zero attached hydrogens (tertiary/aromatic N) is 3. The molecular formula is C19H16ClF3N4O. The Labute approximate surface area is 164 Å². The quantitative estimate of drug-likeness (QED) is 0.678. The van der Waals surface area contributed by atoms with Crippen LogP contribution in [-0.2, 0) is 6.18 Å². The molecule has 0 radical (unpaired) electrons. The smallest absolute Gasteiger partial charge is 0.345 e. The molecule has 5 nitrogen and oxygen atoms in total. The van der Waals surface area contributed by atoms with Crippen LogP contribution in [0, 0.1) is 6.92 Å². The Morgan fingerprint density at radius 3 is 2.64 bits per heavy atom. The van der Waals surface area contributed by atoms with E-state index in [9.17, 15) is 18.0 Å². The van der Waals surface area contributed by atoms with Crippen LogP contribution in [0.2, 0.25) is 5.02 Å². The number of carbonyl (C=O) groups excluding carboxylic acids is 1. The lowest BCUT2D eigenvalue weighted by atomic mass is 10.1. The third-order valence-corrected chi connectivity index (χ3v) is 4.60. The van der Waals surface area contributed by atoms with Gasteiger partial charge in [0.05, 0.1) is 28.4 Å². The number of pyridine rings is 1. The summed E-state index contributed by atoms with van der Waals surface area (Å²) in [4.78, 5) is 16.7. The molecule has 0 bridgehead atoms. The van der Waals surface area contributed by atoms with Crippen LogP contribution < -0.4 is 5.32 Å². The second-order valence-corrected chi connectivity index (χ2v) is 6.58. The van der Waals surface area contributed by atoms with E-state index in [4.69, 9.17) is 11.6 Å². The number of amides is 1. The fourth-order valence-corrected chi connectivity index (χ4v) is 2.99. The number of halogens is 4. The lowest BCUT2D eigenvalue weighted by Gasteiger charge is -2.16. The summed E-state index contributed by atoms with van der Waals surface area (Å²) >= 11 is 5.93. The lowest BCUT2D eigenvalue weighted by Crippen LogP contribution is -2.27. The predicted molar refractivity (Wildman–Crippen MR) is 98.4 cm³/mol. The van der Waals surface area contributed by atoms with Gasteiger partial charge >= 0.3 is 6.18 Å². The molecule has 0 unspecified atom stereocenters. The van der Waals surface area contributed by atoms with E-state index in [2.05, 4.69) is 15.4 Å². The number of nitrogens with one attached hydrogen (secondary N) is 1. The zero-order valence-corrected chi connectivity index (χ0v) is 15.7. The molecule has 1 atom stereocenters. The summed E-state index contributed by atoms with van der Waals surface area (Å²) in [6.07, 6.45) is -1.34. The Bertz CT molecular complexity index is 1000. The highest BCUT2D eigenvalue weighted by molar-refractivity contribution is 6.33. The van der Waals surface area contributed by atoms with Gasteiger partial charge in [0, 0.05) is 17.5 Å². The second-order valence-electron chi connectivity index (χ2n) is 6.17. The topological polar surface area (TPSA) is 59.8 Å². The van der Waals surface area contributed by atoms with Crippen molar-refractivity contribution in [1.82, 2.24) is 20.1 Å². The van der Waals surface area contributed by atoms with Crippen molar-refractivity contribution in [3.05, 3.63) is 76.2 Å². The molecule has 146 valence electrons. The first kappa shape index (κ1) is 19.9. The number of aromatic nitrogens is 3. The lowest BCUT2D eigenvalue weighted by molar-refractivity contribution is -0.137. The van der Waals surface area contributed by atoms with Crippen LogP contribution in [0.4, 0.5) is 13.2 Å². The summed E-state index contributed by atoms with van der Waals surface area (Å²) in [6, 6.07) is 7.53. The third-order valence-electron chi connectivity index (χ3n) is 4.27. The summed E-state index contributed by atoms with van der Waals surface area (Å²) in [5, 5.41) is 6.90. The van der Waals surface area contributed by atoms with E-state index < -0.39 is 23.7 Å². The van der Waals surface area contributed by atoms with Crippen molar-refractivity contribution in [2.24, 2.45) is 0 Å². The van der Waals surface area contributed by atoms with E-state index in [-0.39, 0.29) is 10.6 Å². The van der Waals surface area contributed by atoms with Crippen LogP contribution in [-0.4, -0.2) is 20.7 Å². The standard InChI is InChI=1S/C19H16ClF3N4O/c1-11(15-10-25-27(12(15)2)17-5-3-4-8-24-17)26-18(28)14-9-13(19(21,22)23)6-7-16(14)20/h3-11H,1-2H3,(H,26,28)/t11-/m1/s1. The molecule has 1 amide bonds. The van der Waals surface area contributed by atoms with Gasteiger partial charge < -0.3 is 5.32 Å². The summed E-state index contributed by atoms with van der Waals surface area (Å²) in [5.41, 5.74) is 0.288. The van der Waals surface area contributed by atoms with Gasteiger partial charge in [-0.15, -0.1) is 0 Å². The molecular weight excluding hydrogens is 393 g/mol. The van der Waals surface area contributed by atoms with Crippen molar-refractivity contribution in [2.45, 2.75) is 26.1 Å². The van der Waals surface area contributed by atoms with Gasteiger partial charge in [0.15, 0.2) is 5.82 Å². The molecule has 3 aromatic rings. The van der Waals surface area contributed by atoms with Crippen LogP contribution in [0.1, 0.15) is 40.1 Å². The molecule has 2 aromatic heterocycles. The van der Waals surface area contributed by atoms with Crippen LogP contribution in [0.5, 0.6) is 0 Å². The number of alkyl halides is 3. The van der Waals surface area contributed by atoms with Crippen LogP contribution in [0.25, 0.3) is 5.82 Å². The molecule has 0 aliphatic heterocycles. The number of hydrogen-bond donors (Lipinski definition) is 1. The molecule has 0 aliphatic rings. The van der Waals surface area contributed by atoms with Gasteiger partial charge in [-0.25, -0.2) is 9.67 Å². The first-order chi connectivity index (χ1) is 13.2. The maximum atomic E-state index is 12.9. The highest BCUT2D eigenvalue weighted by Gasteiger charge is 2.32. The molecule has 2 heterocycles. The van der Waals surface area contributed by atoms with Crippen molar-refractivity contribution in [2.75, 3.05) is 0 Å². The number of rotatable bonds is 4. The molecule has 9 heteroatoms. The van der Waals surface area contributed by atoms with Gasteiger partial charge in [-0.1, -0.05) is 17.7 Å². The minimum absolute atomic E-state index is 0.0568. The van der Waals surface area contributed by atoms with Gasteiger partial charge in [-0.2, -0.15) is 18.3 Å². The normalized spacial score (nSPS) is 12.6. The summed E-state index contributed by atoms with van der Waals surface area (Å²) in [7, 11) is 0. The fourth-order valence-electron chi connectivity index (χ4n) is 2.79. The van der Waals surface area contributed by atoms with E-state index in [1.165, 1.54) is 0 Å². The Morgan fingerprint density at radius 1 is 1.25 bits per heavy atom. The van der Waals surface area contributed by atoms with Crippen LogP contribution in [0.3, 0.4) is 0 Å². The first-order valence-corrected chi connectivity index (χ1v) is 8.70. The summed E-state index contributed by atoms with van der Waals surface area (Å²) < 4.78 is 40.4. The van der Waals surface area contributed by atoms with Crippen LogP contribution >= 0.6 is 11.6 Å². The minimum Gasteiger partial charge on any atom is -0.345 e. The minimum atomic E-state index is -4.56. The van der Waals surface area contributed by atoms with Crippen molar-refractivity contribution < 1.29 is 18.0 Å². The van der Waals surface area contributed by atoms with Crippen molar-refractivity contribution in [3.63, 3.8) is 0 Å². The Morgan fingerprint density at radius 2 is 2.00 bits per heavy atom. The molecule has 1 aromatic carbocycles. The first-order valence-electron chi connectivity index (χ1n) is 8.32. The van der Waals surface area contributed by atoms with Crippen molar-refractivity contribution >= 4 is 17.5 Å². The summed E-state index contributed by atoms with van der Waals surface area (Å²) in [5.74, 6) is -0.0840. The van der Waals surface area contributed by atoms with Gasteiger partial charge in [0.25, 0.3) is 5.91 Å². The maximum Gasteiger partial charge on any atom is 0.416 e. The molecule has 3 rings (SSSR count). The third kappa shape index (κ3) is 4.01. The van der Waals surface area contributed by atoms with E-state index in [0.29, 0.717) is 11.4 Å². The second kappa shape index (κ2) is 7.63. The molecule has 0 aliphatic carbocycles. The number of hydrogen-bond acceptors (Lipinski definition) is 3. The molecule has 0 saturated carbocycles. The number of carbonyl (C=O) groups is 1. The van der Waals surface area contributed by atoms with E-state index in [1.54, 1.807) is 36.1 Å². The molecule has 1 N–H and O–H groups in total. The van der Waals surface area contributed by atoms with E-state index in [1.807, 2.05) is 13.0 Å². The SMILES string of the molecule is Cc1c([C@@H](C)NC(=O)c2cc(C(F)(F)F)ccc2Cl)cnn1-c1ccccn1. The molecule has 0 saturated heterocycles. The van der Waals surface area contributed by atoms with Crippen molar-refractivity contribution in [3.8, 4) is 5.82 Å². The highest BCUT2D eigenvalue weighted by Crippen LogP contribution is 2.32. The zero-order valence-electron chi connectivity index (χ0n) is 15.0. The van der Waals surface area contributed by atoms with E-state index >= 15 is 0 Å². The number of benzene rings is 1. The average molecular weight is 409 g/mol. The van der Waals surface area contributed by atoms with E-state index in [0.717, 1.165) is 23.9 Å². The highest BCUT2D eigenvalue weighted by atomic mass is 35.5. The monoisotopic (exact) mass is 408 g/mol. The Balaban J connectivity index is 1.83. The van der Waals surface area contributed by atoms with Crippen LogP contribution in [0.15, 0.2) is 48.8 Å². The molecule has 28 heavy (non-hydrogen) atoms. The Hall–Kier alpha value is -2.87. The molecule has 0 fully saturated rings. The van der Waals surface area contributed by atoms with Gasteiger partial charge in [-0.3, -0.25) is 4.79 Å². The molecule has 0 spiro atoms. The Kier molecular flexibility index (Phi) is 5.42. The largest absolute Gasteiger partial charge is 0.416 e. The van der Waals surface area contributed by atoms with Crippen molar-refractivity contribution in [1.29, 1.82) is 0 Å². The maximum absolute atomic E-state index is 12.9. The van der Waals surface area contributed by atoms with Gasteiger partial charge in [0.2, 0.25) is 0 Å². The van der Waals surface area contributed by atoms with Gasteiger partial charge in [-0.05, 0) is 44.2 Å². The predicted octanol–water partition coefficient (Wildman–Crippen LogP) is 4.74. The fraction of sp³-hybridized carbons (Fsp3) is 0.211. The zero-order chi connectivity index (χ0) is 20.5. The van der Waals surface area contributed by atoms with Gasteiger partial charge in [0.1, 0.15) is 0 Å².